The third-order valence-corrected chi connectivity index (χ3v) is 3.24. The average molecular weight is 276 g/mol. The number of hydrogen-bond donors (Lipinski definition) is 1. The number of benzene rings is 1. The van der Waals surface area contributed by atoms with Gasteiger partial charge in [-0.1, -0.05) is 13.0 Å². The Bertz CT molecular complexity index is 564. The smallest absolute Gasteiger partial charge is 0.126 e. The van der Waals surface area contributed by atoms with Gasteiger partial charge < -0.3 is 5.32 Å². The molecule has 0 aliphatic heterocycles. The molecule has 20 heavy (non-hydrogen) atoms. The van der Waals surface area contributed by atoms with E-state index in [1.807, 2.05) is 26.0 Å². The van der Waals surface area contributed by atoms with Gasteiger partial charge in [0.25, 0.3) is 0 Å². The van der Waals surface area contributed by atoms with Crippen molar-refractivity contribution in [2.75, 3.05) is 6.54 Å². The van der Waals surface area contributed by atoms with E-state index in [0.29, 0.717) is 12.0 Å². The van der Waals surface area contributed by atoms with Crippen LogP contribution in [0.2, 0.25) is 0 Å². The standard InChI is InChI=1S/C16H18F2N2/c1-3-19-16(15-5-4-6-20-11(15)2)9-12-7-13(17)10-14(18)8-12/h4-8,10,16,19H,3,9H2,1-2H3. The molecular formula is C16H18F2N2. The third-order valence-electron chi connectivity index (χ3n) is 3.24. The van der Waals surface area contributed by atoms with Crippen molar-refractivity contribution in [1.82, 2.24) is 10.3 Å². The van der Waals surface area contributed by atoms with E-state index in [1.165, 1.54) is 12.1 Å². The fourth-order valence-corrected chi connectivity index (χ4v) is 2.37. The van der Waals surface area contributed by atoms with E-state index in [0.717, 1.165) is 23.9 Å². The van der Waals surface area contributed by atoms with Crippen LogP contribution < -0.4 is 5.32 Å². The number of likely N-dealkylation sites (N-methyl/N-ethyl adjacent to an activating group) is 1. The van der Waals surface area contributed by atoms with Crippen LogP contribution >= 0.6 is 0 Å². The van der Waals surface area contributed by atoms with Crippen LogP contribution in [0.15, 0.2) is 36.5 Å². The van der Waals surface area contributed by atoms with Crippen LogP contribution in [0.3, 0.4) is 0 Å². The molecule has 1 aromatic carbocycles. The van der Waals surface area contributed by atoms with E-state index in [2.05, 4.69) is 10.3 Å². The number of aromatic nitrogens is 1. The van der Waals surface area contributed by atoms with Crippen molar-refractivity contribution in [1.29, 1.82) is 0 Å². The molecule has 1 atom stereocenters. The summed E-state index contributed by atoms with van der Waals surface area (Å²) in [7, 11) is 0. The summed E-state index contributed by atoms with van der Waals surface area (Å²) in [6.07, 6.45) is 2.26. The Balaban J connectivity index is 2.28. The summed E-state index contributed by atoms with van der Waals surface area (Å²) in [4.78, 5) is 4.27. The maximum atomic E-state index is 13.3. The molecule has 1 unspecified atom stereocenters. The predicted octanol–water partition coefficient (Wildman–Crippen LogP) is 3.56. The van der Waals surface area contributed by atoms with Gasteiger partial charge in [0.05, 0.1) is 0 Å². The van der Waals surface area contributed by atoms with Crippen molar-refractivity contribution in [2.24, 2.45) is 0 Å². The molecule has 106 valence electrons. The first-order valence-corrected chi connectivity index (χ1v) is 6.70. The van der Waals surface area contributed by atoms with Crippen molar-refractivity contribution < 1.29 is 8.78 Å². The molecule has 2 nitrogen and oxygen atoms in total. The van der Waals surface area contributed by atoms with Crippen molar-refractivity contribution in [2.45, 2.75) is 26.3 Å². The molecule has 0 spiro atoms. The number of nitrogens with one attached hydrogen (secondary N) is 1. The summed E-state index contributed by atoms with van der Waals surface area (Å²) >= 11 is 0. The summed E-state index contributed by atoms with van der Waals surface area (Å²) in [6.45, 7) is 4.72. The fraction of sp³-hybridized carbons (Fsp3) is 0.312. The highest BCUT2D eigenvalue weighted by atomic mass is 19.1. The molecule has 0 radical (unpaired) electrons. The van der Waals surface area contributed by atoms with Crippen molar-refractivity contribution >= 4 is 0 Å². The van der Waals surface area contributed by atoms with Crippen LogP contribution in [0.4, 0.5) is 8.78 Å². The van der Waals surface area contributed by atoms with Gasteiger partial charge in [0.15, 0.2) is 0 Å². The van der Waals surface area contributed by atoms with E-state index in [9.17, 15) is 8.78 Å². The van der Waals surface area contributed by atoms with Crippen molar-refractivity contribution in [3.8, 4) is 0 Å². The highest BCUT2D eigenvalue weighted by Crippen LogP contribution is 2.21. The van der Waals surface area contributed by atoms with Gasteiger partial charge in [0.1, 0.15) is 11.6 Å². The first-order valence-electron chi connectivity index (χ1n) is 6.70. The number of rotatable bonds is 5. The second-order valence-corrected chi connectivity index (χ2v) is 4.77. The highest BCUT2D eigenvalue weighted by Gasteiger charge is 2.14. The van der Waals surface area contributed by atoms with E-state index in [1.54, 1.807) is 6.20 Å². The number of pyridine rings is 1. The summed E-state index contributed by atoms with van der Waals surface area (Å²) < 4.78 is 26.5. The maximum absolute atomic E-state index is 13.3. The molecule has 2 rings (SSSR count). The summed E-state index contributed by atoms with van der Waals surface area (Å²) in [6, 6.07) is 7.50. The molecule has 1 heterocycles. The SMILES string of the molecule is CCNC(Cc1cc(F)cc(F)c1)c1cccnc1C. The van der Waals surface area contributed by atoms with Crippen molar-refractivity contribution in [3.05, 3.63) is 65.0 Å². The molecule has 4 heteroatoms. The molecular weight excluding hydrogens is 258 g/mol. The van der Waals surface area contributed by atoms with Gasteiger partial charge >= 0.3 is 0 Å². The second kappa shape index (κ2) is 6.57. The number of nitrogens with zero attached hydrogens (tertiary/aromatic N) is 1. The van der Waals surface area contributed by atoms with Crippen molar-refractivity contribution in [3.63, 3.8) is 0 Å². The number of aryl methyl sites for hydroxylation is 1. The highest BCUT2D eigenvalue weighted by molar-refractivity contribution is 5.26. The van der Waals surface area contributed by atoms with Crippen LogP contribution in [0.25, 0.3) is 0 Å². The molecule has 0 aliphatic carbocycles. The number of halogens is 2. The van der Waals surface area contributed by atoms with Gasteiger partial charge in [-0.25, -0.2) is 8.78 Å². The summed E-state index contributed by atoms with van der Waals surface area (Å²) in [5.74, 6) is -1.09. The zero-order valence-electron chi connectivity index (χ0n) is 11.7. The minimum Gasteiger partial charge on any atom is -0.310 e. The maximum Gasteiger partial charge on any atom is 0.126 e. The third kappa shape index (κ3) is 3.61. The van der Waals surface area contributed by atoms with Gasteiger partial charge in [0.2, 0.25) is 0 Å². The van der Waals surface area contributed by atoms with Crippen LogP contribution in [0.1, 0.15) is 29.8 Å². The largest absolute Gasteiger partial charge is 0.310 e. The Labute approximate surface area is 117 Å². The Morgan fingerprint density at radius 3 is 2.50 bits per heavy atom. The van der Waals surface area contributed by atoms with E-state index < -0.39 is 11.6 Å². The van der Waals surface area contributed by atoms with E-state index >= 15 is 0 Å². The molecule has 2 aromatic rings. The first kappa shape index (κ1) is 14.6. The molecule has 0 aliphatic rings. The Hall–Kier alpha value is -1.81. The quantitative estimate of drug-likeness (QED) is 0.903. The lowest BCUT2D eigenvalue weighted by Gasteiger charge is -2.20. The van der Waals surface area contributed by atoms with Gasteiger partial charge in [-0.05, 0) is 49.2 Å². The van der Waals surface area contributed by atoms with Crippen LogP contribution in [-0.4, -0.2) is 11.5 Å². The average Bonchev–Trinajstić information content (AvgIpc) is 2.37. The molecule has 0 amide bonds. The molecule has 1 aromatic heterocycles. The van der Waals surface area contributed by atoms with Gasteiger partial charge in [-0.3, -0.25) is 4.98 Å². The fourth-order valence-electron chi connectivity index (χ4n) is 2.37. The molecule has 0 saturated carbocycles. The van der Waals surface area contributed by atoms with E-state index in [4.69, 9.17) is 0 Å². The Morgan fingerprint density at radius 2 is 1.90 bits per heavy atom. The topological polar surface area (TPSA) is 24.9 Å². The molecule has 0 fully saturated rings. The monoisotopic (exact) mass is 276 g/mol. The van der Waals surface area contributed by atoms with Crippen LogP contribution in [-0.2, 0) is 6.42 Å². The zero-order valence-corrected chi connectivity index (χ0v) is 11.7. The lowest BCUT2D eigenvalue weighted by Crippen LogP contribution is -2.24. The van der Waals surface area contributed by atoms with Crippen LogP contribution in [0, 0.1) is 18.6 Å². The summed E-state index contributed by atoms with van der Waals surface area (Å²) in [5, 5.41) is 3.34. The van der Waals surface area contributed by atoms with E-state index in [-0.39, 0.29) is 6.04 Å². The second-order valence-electron chi connectivity index (χ2n) is 4.77. The lowest BCUT2D eigenvalue weighted by molar-refractivity contribution is 0.535. The number of hydrogen-bond acceptors (Lipinski definition) is 2. The molecule has 0 bridgehead atoms. The normalized spacial score (nSPS) is 12.4. The minimum atomic E-state index is -0.543. The summed E-state index contributed by atoms with van der Waals surface area (Å²) in [5.41, 5.74) is 2.62. The van der Waals surface area contributed by atoms with Gasteiger partial charge in [-0.15, -0.1) is 0 Å². The Morgan fingerprint density at radius 1 is 1.20 bits per heavy atom. The van der Waals surface area contributed by atoms with Gasteiger partial charge in [0, 0.05) is 24.0 Å². The van der Waals surface area contributed by atoms with Gasteiger partial charge in [-0.2, -0.15) is 0 Å². The molecule has 1 N–H and O–H groups in total. The lowest BCUT2D eigenvalue weighted by atomic mass is 9.97. The molecule has 0 saturated heterocycles. The minimum absolute atomic E-state index is 0.00472. The zero-order chi connectivity index (χ0) is 14.5. The predicted molar refractivity (Wildman–Crippen MR) is 75.5 cm³/mol. The van der Waals surface area contributed by atoms with Crippen LogP contribution in [0.5, 0.6) is 0 Å². The Kier molecular flexibility index (Phi) is 4.79. The first-order chi connectivity index (χ1) is 9.60.